The Morgan fingerprint density at radius 2 is 1.72 bits per heavy atom. The van der Waals surface area contributed by atoms with E-state index in [4.69, 9.17) is 4.74 Å². The Kier molecular flexibility index (Phi) is 8.71. The van der Waals surface area contributed by atoms with Gasteiger partial charge >= 0.3 is 6.18 Å². The number of hydrogen-bond donors (Lipinski definition) is 1. The average Bonchev–Trinajstić information content (AvgIpc) is 2.85. The number of carbonyl (C=O) groups is 1. The summed E-state index contributed by atoms with van der Waals surface area (Å²) in [6, 6.07) is 10.2. The maximum absolute atomic E-state index is 13.2. The number of halogens is 4. The molecule has 0 saturated carbocycles. The second kappa shape index (κ2) is 11.5. The van der Waals surface area contributed by atoms with Crippen molar-refractivity contribution in [1.82, 2.24) is 19.6 Å². The number of rotatable bonds is 10. The van der Waals surface area contributed by atoms with Gasteiger partial charge in [-0.1, -0.05) is 12.1 Å². The summed E-state index contributed by atoms with van der Waals surface area (Å²) < 4.78 is 83.2. The van der Waals surface area contributed by atoms with Crippen LogP contribution >= 0.6 is 0 Å². The van der Waals surface area contributed by atoms with Gasteiger partial charge in [-0.05, 0) is 42.5 Å². The van der Waals surface area contributed by atoms with Crippen molar-refractivity contribution in [3.8, 4) is 11.3 Å². The molecule has 13 heteroatoms. The number of benzene rings is 2. The number of carbonyl (C=O) groups excluding carboxylic acids is 1. The summed E-state index contributed by atoms with van der Waals surface area (Å²) in [7, 11) is -2.72. The lowest BCUT2D eigenvalue weighted by Gasteiger charge is -2.21. The summed E-state index contributed by atoms with van der Waals surface area (Å²) in [5.41, 5.74) is 0.345. The highest BCUT2D eigenvalue weighted by Crippen LogP contribution is 2.30. The Labute approximate surface area is 205 Å². The van der Waals surface area contributed by atoms with Crippen molar-refractivity contribution in [3.63, 3.8) is 0 Å². The highest BCUT2D eigenvalue weighted by atomic mass is 32.2. The van der Waals surface area contributed by atoms with E-state index in [2.05, 4.69) is 15.3 Å². The lowest BCUT2D eigenvalue weighted by atomic mass is 10.1. The number of alkyl halides is 3. The molecule has 0 fully saturated rings. The number of aromatic nitrogens is 2. The quantitative estimate of drug-likeness (QED) is 0.407. The Bertz CT molecular complexity index is 1280. The summed E-state index contributed by atoms with van der Waals surface area (Å²) in [4.78, 5) is 20.4. The number of nitrogens with one attached hydrogen (secondary N) is 1. The van der Waals surface area contributed by atoms with Crippen LogP contribution in [0.25, 0.3) is 11.3 Å². The van der Waals surface area contributed by atoms with E-state index in [1.54, 1.807) is 0 Å². The minimum Gasteiger partial charge on any atom is -0.383 e. The first-order chi connectivity index (χ1) is 17.0. The molecule has 36 heavy (non-hydrogen) atoms. The molecule has 3 rings (SSSR count). The molecule has 0 aliphatic rings. The van der Waals surface area contributed by atoms with E-state index in [1.165, 1.54) is 31.6 Å². The molecule has 0 aliphatic carbocycles. The van der Waals surface area contributed by atoms with Crippen molar-refractivity contribution >= 4 is 15.9 Å². The first-order valence-electron chi connectivity index (χ1n) is 10.5. The summed E-state index contributed by atoms with van der Waals surface area (Å²) in [6.07, 6.45) is -3.25. The molecular weight excluding hydrogens is 504 g/mol. The fraction of sp³-hybridized carbons (Fsp3) is 0.261. The highest BCUT2D eigenvalue weighted by Gasteiger charge is 2.30. The molecule has 0 unspecified atom stereocenters. The average molecular weight is 527 g/mol. The van der Waals surface area contributed by atoms with Gasteiger partial charge in [-0.3, -0.25) is 4.79 Å². The molecule has 1 amide bonds. The molecular formula is C23H22F4N4O4S. The molecule has 1 aromatic heterocycles. The van der Waals surface area contributed by atoms with Crippen LogP contribution in [0.2, 0.25) is 0 Å². The molecule has 1 heterocycles. The number of sulfonamides is 1. The van der Waals surface area contributed by atoms with Gasteiger partial charge < -0.3 is 10.1 Å². The van der Waals surface area contributed by atoms with Gasteiger partial charge in [-0.2, -0.15) is 17.5 Å². The van der Waals surface area contributed by atoms with E-state index < -0.39 is 40.0 Å². The van der Waals surface area contributed by atoms with Crippen LogP contribution in [-0.4, -0.2) is 55.4 Å². The molecule has 0 spiro atoms. The maximum atomic E-state index is 13.2. The van der Waals surface area contributed by atoms with Gasteiger partial charge in [-0.15, -0.1) is 0 Å². The zero-order chi connectivity index (χ0) is 26.3. The number of ether oxygens (including phenoxy) is 1. The third kappa shape index (κ3) is 7.06. The van der Waals surface area contributed by atoms with Crippen molar-refractivity contribution in [1.29, 1.82) is 0 Å². The van der Waals surface area contributed by atoms with Crippen LogP contribution in [0.3, 0.4) is 0 Å². The highest BCUT2D eigenvalue weighted by molar-refractivity contribution is 7.89. The number of amides is 1. The Balaban J connectivity index is 1.68. The van der Waals surface area contributed by atoms with Gasteiger partial charge in [0.1, 0.15) is 12.1 Å². The summed E-state index contributed by atoms with van der Waals surface area (Å²) in [5, 5.41) is 2.56. The summed E-state index contributed by atoms with van der Waals surface area (Å²) in [5.74, 6) is -1.23. The van der Waals surface area contributed by atoms with Crippen LogP contribution in [0.5, 0.6) is 0 Å². The van der Waals surface area contributed by atoms with Crippen molar-refractivity contribution in [2.75, 3.05) is 26.8 Å². The molecule has 8 nitrogen and oxygen atoms in total. The predicted octanol–water partition coefficient (Wildman–Crippen LogP) is 3.26. The fourth-order valence-corrected chi connectivity index (χ4v) is 4.50. The minimum absolute atomic E-state index is 0.0239. The van der Waals surface area contributed by atoms with Gasteiger partial charge in [0.15, 0.2) is 0 Å². The number of nitrogens with zero attached hydrogens (tertiary/aromatic N) is 3. The summed E-state index contributed by atoms with van der Waals surface area (Å²) >= 11 is 0. The van der Waals surface area contributed by atoms with Gasteiger partial charge in [-0.25, -0.2) is 22.8 Å². The van der Waals surface area contributed by atoms with Crippen LogP contribution < -0.4 is 5.32 Å². The van der Waals surface area contributed by atoms with Crippen molar-refractivity contribution < 1.29 is 35.5 Å². The minimum atomic E-state index is -4.46. The Hall–Kier alpha value is -3.42. The third-order valence-corrected chi connectivity index (χ3v) is 6.87. The first-order valence-corrected chi connectivity index (χ1v) is 11.9. The van der Waals surface area contributed by atoms with Crippen molar-refractivity contribution in [2.45, 2.75) is 17.6 Å². The second-order valence-corrected chi connectivity index (χ2v) is 9.47. The zero-order valence-electron chi connectivity index (χ0n) is 19.0. The lowest BCUT2D eigenvalue weighted by Crippen LogP contribution is -2.42. The third-order valence-electron chi connectivity index (χ3n) is 5.01. The van der Waals surface area contributed by atoms with Crippen LogP contribution in [-0.2, 0) is 32.3 Å². The van der Waals surface area contributed by atoms with Crippen LogP contribution in [0, 0.1) is 5.82 Å². The van der Waals surface area contributed by atoms with Crippen LogP contribution in [0.15, 0.2) is 65.8 Å². The molecule has 0 aliphatic heterocycles. The first kappa shape index (κ1) is 27.2. The molecule has 3 aromatic rings. The van der Waals surface area contributed by atoms with E-state index in [0.29, 0.717) is 17.0 Å². The van der Waals surface area contributed by atoms with Crippen LogP contribution in [0.1, 0.15) is 11.3 Å². The fourth-order valence-electron chi connectivity index (χ4n) is 3.12. The van der Waals surface area contributed by atoms with Gasteiger partial charge in [0.25, 0.3) is 0 Å². The molecule has 0 saturated heterocycles. The Morgan fingerprint density at radius 1 is 1.06 bits per heavy atom. The monoisotopic (exact) mass is 526 g/mol. The standard InChI is InChI=1S/C23H22F4N4O4S/c1-35-11-10-31(36(33,34)20-8-6-18(24)7-9-20)14-22(32)28-13-19-12-21(30-15-29-19)16-2-4-17(5-3-16)23(25,26)27/h2-9,12,15H,10-11,13-14H2,1H3,(H,28,32). The molecule has 0 atom stereocenters. The molecule has 0 bridgehead atoms. The maximum Gasteiger partial charge on any atom is 0.416 e. The topological polar surface area (TPSA) is 101 Å². The molecule has 0 radical (unpaired) electrons. The lowest BCUT2D eigenvalue weighted by molar-refractivity contribution is -0.137. The van der Waals surface area contributed by atoms with E-state index in [1.807, 2.05) is 0 Å². The van der Waals surface area contributed by atoms with Crippen molar-refractivity contribution in [3.05, 3.63) is 78.0 Å². The van der Waals surface area contributed by atoms with Gasteiger partial charge in [0.2, 0.25) is 15.9 Å². The van der Waals surface area contributed by atoms with E-state index in [9.17, 15) is 30.8 Å². The van der Waals surface area contributed by atoms with E-state index >= 15 is 0 Å². The van der Waals surface area contributed by atoms with Gasteiger partial charge in [0.05, 0.1) is 41.5 Å². The molecule has 192 valence electrons. The SMILES string of the molecule is COCCN(CC(=O)NCc1cc(-c2ccc(C(F)(F)F)cc2)ncn1)S(=O)(=O)c1ccc(F)cc1. The van der Waals surface area contributed by atoms with E-state index in [0.717, 1.165) is 40.7 Å². The van der Waals surface area contributed by atoms with E-state index in [-0.39, 0.29) is 24.6 Å². The Morgan fingerprint density at radius 3 is 2.33 bits per heavy atom. The zero-order valence-corrected chi connectivity index (χ0v) is 19.8. The predicted molar refractivity (Wildman–Crippen MR) is 121 cm³/mol. The largest absolute Gasteiger partial charge is 0.416 e. The molecule has 1 N–H and O–H groups in total. The van der Waals surface area contributed by atoms with Crippen LogP contribution in [0.4, 0.5) is 17.6 Å². The normalized spacial score (nSPS) is 12.1. The smallest absolute Gasteiger partial charge is 0.383 e. The van der Waals surface area contributed by atoms with Crippen molar-refractivity contribution in [2.24, 2.45) is 0 Å². The second-order valence-electron chi connectivity index (χ2n) is 7.53. The number of hydrogen-bond acceptors (Lipinski definition) is 6. The summed E-state index contributed by atoms with van der Waals surface area (Å²) in [6.45, 7) is -0.699. The van der Waals surface area contributed by atoms with Gasteiger partial charge in [0, 0.05) is 19.2 Å². The number of methoxy groups -OCH3 is 1. The molecule has 2 aromatic carbocycles.